The number of hydrogen-bond acceptors (Lipinski definition) is 4. The molecule has 0 saturated carbocycles. The first kappa shape index (κ1) is 17.4. The van der Waals surface area contributed by atoms with Gasteiger partial charge >= 0.3 is 6.03 Å². The number of carbonyl (C=O) groups excluding carboxylic acids is 3. The number of nitrogens with one attached hydrogen (secondary N) is 1. The Morgan fingerprint density at radius 2 is 1.96 bits per heavy atom. The highest BCUT2D eigenvalue weighted by molar-refractivity contribution is 6.05. The van der Waals surface area contributed by atoms with Gasteiger partial charge < -0.3 is 9.80 Å². The lowest BCUT2D eigenvalue weighted by Gasteiger charge is -2.21. The SMILES string of the molecule is CN(Cc1n[nH]c2c1CCCCC2)C(=O)CC1C(=O)N(C)C(=O)N1C. The van der Waals surface area contributed by atoms with Crippen molar-refractivity contribution >= 4 is 17.8 Å². The highest BCUT2D eigenvalue weighted by Crippen LogP contribution is 2.23. The highest BCUT2D eigenvalue weighted by atomic mass is 16.2. The largest absolute Gasteiger partial charge is 0.340 e. The Morgan fingerprint density at radius 1 is 1.24 bits per heavy atom. The van der Waals surface area contributed by atoms with Gasteiger partial charge in [0.15, 0.2) is 0 Å². The first-order chi connectivity index (χ1) is 11.9. The first-order valence-electron chi connectivity index (χ1n) is 8.73. The fourth-order valence-corrected chi connectivity index (χ4v) is 3.57. The molecule has 0 bridgehead atoms. The van der Waals surface area contributed by atoms with Crippen LogP contribution in [0.1, 0.15) is 42.6 Å². The molecule has 1 fully saturated rings. The minimum Gasteiger partial charge on any atom is -0.340 e. The molecule has 25 heavy (non-hydrogen) atoms. The second-order valence-electron chi connectivity index (χ2n) is 6.95. The number of nitrogens with zero attached hydrogens (tertiary/aromatic N) is 4. The third-order valence-electron chi connectivity index (χ3n) is 5.24. The Kier molecular flexibility index (Phi) is 4.78. The van der Waals surface area contributed by atoms with Crippen LogP contribution >= 0.6 is 0 Å². The van der Waals surface area contributed by atoms with Crippen LogP contribution in [0, 0.1) is 0 Å². The van der Waals surface area contributed by atoms with Crippen LogP contribution in [0.4, 0.5) is 4.79 Å². The molecule has 0 radical (unpaired) electrons. The van der Waals surface area contributed by atoms with Crippen molar-refractivity contribution in [1.29, 1.82) is 0 Å². The smallest absolute Gasteiger partial charge is 0.326 e. The third kappa shape index (κ3) is 3.25. The minimum absolute atomic E-state index is 0.00543. The van der Waals surface area contributed by atoms with Crippen molar-refractivity contribution in [2.75, 3.05) is 21.1 Å². The summed E-state index contributed by atoms with van der Waals surface area (Å²) < 4.78 is 0. The Bertz CT molecular complexity index is 698. The molecule has 1 N–H and O–H groups in total. The maximum absolute atomic E-state index is 12.5. The van der Waals surface area contributed by atoms with Gasteiger partial charge in [-0.2, -0.15) is 5.10 Å². The third-order valence-corrected chi connectivity index (χ3v) is 5.24. The monoisotopic (exact) mass is 347 g/mol. The molecule has 1 saturated heterocycles. The number of hydrogen-bond donors (Lipinski definition) is 1. The van der Waals surface area contributed by atoms with E-state index < -0.39 is 6.04 Å². The van der Waals surface area contributed by atoms with Crippen molar-refractivity contribution in [2.24, 2.45) is 0 Å². The molecule has 1 aliphatic heterocycles. The van der Waals surface area contributed by atoms with Crippen LogP contribution in [0.15, 0.2) is 0 Å². The van der Waals surface area contributed by atoms with Crippen LogP contribution in [0.25, 0.3) is 0 Å². The van der Waals surface area contributed by atoms with Gasteiger partial charge in [0.05, 0.1) is 18.7 Å². The van der Waals surface area contributed by atoms with Crippen LogP contribution in [-0.4, -0.2) is 69.9 Å². The number of aryl methyl sites for hydroxylation is 1. The maximum Gasteiger partial charge on any atom is 0.326 e. The molecule has 4 amide bonds. The molecule has 8 nitrogen and oxygen atoms in total. The van der Waals surface area contributed by atoms with Crippen molar-refractivity contribution in [3.05, 3.63) is 17.0 Å². The van der Waals surface area contributed by atoms with Crippen molar-refractivity contribution in [2.45, 2.75) is 51.1 Å². The Labute approximate surface area is 147 Å². The molecule has 2 aliphatic rings. The van der Waals surface area contributed by atoms with Crippen LogP contribution < -0.4 is 0 Å². The van der Waals surface area contributed by atoms with Gasteiger partial charge in [0.25, 0.3) is 5.91 Å². The standard InChI is InChI=1S/C17H25N5O3/c1-20(10-13-11-7-5-4-6-8-12(11)18-19-13)15(23)9-14-16(24)22(3)17(25)21(14)2/h14H,4-10H2,1-3H3,(H,18,19). The molecule has 136 valence electrons. The number of amides is 4. The number of urea groups is 1. The Hall–Kier alpha value is -2.38. The normalized spacial score (nSPS) is 20.7. The van der Waals surface area contributed by atoms with Gasteiger partial charge in [0, 0.05) is 26.8 Å². The summed E-state index contributed by atoms with van der Waals surface area (Å²) in [6.07, 6.45) is 5.53. The van der Waals surface area contributed by atoms with E-state index in [9.17, 15) is 14.4 Å². The van der Waals surface area contributed by atoms with E-state index in [0.717, 1.165) is 29.9 Å². The average molecular weight is 347 g/mol. The fourth-order valence-electron chi connectivity index (χ4n) is 3.57. The van der Waals surface area contributed by atoms with Crippen LogP contribution in [0.2, 0.25) is 0 Å². The van der Waals surface area contributed by atoms with Crippen LogP contribution in [0.5, 0.6) is 0 Å². The summed E-state index contributed by atoms with van der Waals surface area (Å²) in [6.45, 7) is 0.416. The number of H-pyrrole nitrogens is 1. The Balaban J connectivity index is 1.65. The van der Waals surface area contributed by atoms with Crippen LogP contribution in [-0.2, 0) is 29.0 Å². The van der Waals surface area contributed by atoms with Crippen LogP contribution in [0.3, 0.4) is 0 Å². The van der Waals surface area contributed by atoms with Crippen molar-refractivity contribution in [3.63, 3.8) is 0 Å². The number of likely N-dealkylation sites (N-methyl/N-ethyl adjacent to an activating group) is 2. The Morgan fingerprint density at radius 3 is 2.64 bits per heavy atom. The lowest BCUT2D eigenvalue weighted by molar-refractivity contribution is -0.135. The van der Waals surface area contributed by atoms with E-state index in [1.54, 1.807) is 19.0 Å². The second-order valence-corrected chi connectivity index (χ2v) is 6.95. The van der Waals surface area contributed by atoms with Crippen molar-refractivity contribution in [1.82, 2.24) is 24.9 Å². The summed E-state index contributed by atoms with van der Waals surface area (Å²) in [5.41, 5.74) is 3.33. The zero-order valence-electron chi connectivity index (χ0n) is 15.0. The molecular weight excluding hydrogens is 322 g/mol. The second kappa shape index (κ2) is 6.85. The van der Waals surface area contributed by atoms with Gasteiger partial charge in [-0.1, -0.05) is 6.42 Å². The predicted octanol–water partition coefficient (Wildman–Crippen LogP) is 0.920. The minimum atomic E-state index is -0.719. The van der Waals surface area contributed by atoms with E-state index >= 15 is 0 Å². The molecule has 2 heterocycles. The summed E-state index contributed by atoms with van der Waals surface area (Å²) in [4.78, 5) is 40.4. The van der Waals surface area contributed by atoms with Gasteiger partial charge in [-0.25, -0.2) is 4.79 Å². The summed E-state index contributed by atoms with van der Waals surface area (Å²) >= 11 is 0. The number of aromatic amines is 1. The summed E-state index contributed by atoms with van der Waals surface area (Å²) in [5, 5.41) is 7.50. The summed E-state index contributed by atoms with van der Waals surface area (Å²) in [5.74, 6) is -0.499. The van der Waals surface area contributed by atoms with Crippen molar-refractivity contribution < 1.29 is 14.4 Å². The van der Waals surface area contributed by atoms with Gasteiger partial charge in [0.1, 0.15) is 6.04 Å². The molecule has 8 heteroatoms. The number of fused-ring (bicyclic) bond motifs is 1. The van der Waals surface area contributed by atoms with E-state index in [0.29, 0.717) is 6.54 Å². The lowest BCUT2D eigenvalue weighted by Crippen LogP contribution is -2.38. The molecule has 0 aromatic carbocycles. The molecule has 3 rings (SSSR count). The van der Waals surface area contributed by atoms with E-state index in [-0.39, 0.29) is 24.3 Å². The highest BCUT2D eigenvalue weighted by Gasteiger charge is 2.42. The molecule has 1 aromatic rings. The average Bonchev–Trinajstić information content (AvgIpc) is 2.92. The predicted molar refractivity (Wildman–Crippen MR) is 90.7 cm³/mol. The summed E-state index contributed by atoms with van der Waals surface area (Å²) in [6, 6.07) is -1.09. The zero-order chi connectivity index (χ0) is 18.1. The van der Waals surface area contributed by atoms with E-state index in [1.165, 1.54) is 36.0 Å². The molecule has 1 aromatic heterocycles. The van der Waals surface area contributed by atoms with Crippen molar-refractivity contribution in [3.8, 4) is 0 Å². The molecular formula is C17H25N5O3. The van der Waals surface area contributed by atoms with E-state index in [4.69, 9.17) is 0 Å². The zero-order valence-corrected chi connectivity index (χ0v) is 15.0. The molecule has 0 spiro atoms. The number of rotatable bonds is 4. The van der Waals surface area contributed by atoms with E-state index in [2.05, 4.69) is 10.2 Å². The molecule has 1 aliphatic carbocycles. The fraction of sp³-hybridized carbons (Fsp3) is 0.647. The molecule has 1 atom stereocenters. The van der Waals surface area contributed by atoms with Gasteiger partial charge in [-0.3, -0.25) is 19.6 Å². The van der Waals surface area contributed by atoms with E-state index in [1.807, 2.05) is 0 Å². The van der Waals surface area contributed by atoms with Gasteiger partial charge in [-0.15, -0.1) is 0 Å². The lowest BCUT2D eigenvalue weighted by atomic mass is 10.1. The first-order valence-corrected chi connectivity index (χ1v) is 8.73. The molecule has 1 unspecified atom stereocenters. The topological polar surface area (TPSA) is 89.6 Å². The number of imide groups is 1. The van der Waals surface area contributed by atoms with Gasteiger partial charge in [0.2, 0.25) is 5.91 Å². The summed E-state index contributed by atoms with van der Waals surface area (Å²) in [7, 11) is 4.70. The van der Waals surface area contributed by atoms with Gasteiger partial charge in [-0.05, 0) is 31.2 Å². The quantitative estimate of drug-likeness (QED) is 0.648. The number of carbonyl (C=O) groups is 3. The maximum atomic E-state index is 12.5. The number of aromatic nitrogens is 2.